The summed E-state index contributed by atoms with van der Waals surface area (Å²) in [6.07, 6.45) is 0.407. The monoisotopic (exact) mass is 418 g/mol. The van der Waals surface area contributed by atoms with Gasteiger partial charge in [-0.25, -0.2) is 0 Å². The van der Waals surface area contributed by atoms with E-state index >= 15 is 0 Å². The molecule has 2 heterocycles. The zero-order valence-electron chi connectivity index (χ0n) is 18.0. The lowest BCUT2D eigenvalue weighted by molar-refractivity contribution is -0.121. The van der Waals surface area contributed by atoms with Crippen LogP contribution in [0, 0.1) is 0 Å². The number of benzene rings is 2. The summed E-state index contributed by atoms with van der Waals surface area (Å²) in [6.45, 7) is 1.36. The van der Waals surface area contributed by atoms with Gasteiger partial charge in [0.15, 0.2) is 0 Å². The SMILES string of the molecule is CN(C)CCC(=O)NCCN1C(=O)/C(=C2/C(=O)N(C)c3ccccc32)c2ccccc21. The molecule has 2 aliphatic heterocycles. The number of nitrogens with zero attached hydrogens (tertiary/aromatic N) is 3. The highest BCUT2D eigenvalue weighted by molar-refractivity contribution is 6.49. The molecule has 7 nitrogen and oxygen atoms in total. The summed E-state index contributed by atoms with van der Waals surface area (Å²) in [5.74, 6) is -0.441. The van der Waals surface area contributed by atoms with Crippen LogP contribution in [0.25, 0.3) is 11.1 Å². The van der Waals surface area contributed by atoms with Gasteiger partial charge in [0, 0.05) is 44.2 Å². The van der Waals surface area contributed by atoms with Gasteiger partial charge < -0.3 is 20.0 Å². The van der Waals surface area contributed by atoms with Crippen molar-refractivity contribution in [3.63, 3.8) is 0 Å². The van der Waals surface area contributed by atoms with Crippen LogP contribution in [-0.4, -0.2) is 63.4 Å². The Morgan fingerprint density at radius 1 is 0.903 bits per heavy atom. The van der Waals surface area contributed by atoms with Crippen LogP contribution < -0.4 is 15.1 Å². The number of hydrogen-bond acceptors (Lipinski definition) is 4. The van der Waals surface area contributed by atoms with Crippen molar-refractivity contribution in [1.29, 1.82) is 0 Å². The van der Waals surface area contributed by atoms with E-state index in [-0.39, 0.29) is 17.7 Å². The first-order valence-electron chi connectivity index (χ1n) is 10.3. The fraction of sp³-hybridized carbons (Fsp3) is 0.292. The van der Waals surface area contributed by atoms with Crippen molar-refractivity contribution in [1.82, 2.24) is 10.2 Å². The van der Waals surface area contributed by atoms with Gasteiger partial charge in [0.1, 0.15) is 0 Å². The number of fused-ring (bicyclic) bond motifs is 2. The average molecular weight is 418 g/mol. The summed E-state index contributed by atoms with van der Waals surface area (Å²) in [5, 5.41) is 2.88. The number of para-hydroxylation sites is 2. The lowest BCUT2D eigenvalue weighted by Crippen LogP contribution is -2.37. The van der Waals surface area contributed by atoms with Gasteiger partial charge in [-0.2, -0.15) is 0 Å². The van der Waals surface area contributed by atoms with E-state index in [2.05, 4.69) is 5.32 Å². The second kappa shape index (κ2) is 8.35. The molecule has 0 saturated carbocycles. The fourth-order valence-corrected chi connectivity index (χ4v) is 4.08. The summed E-state index contributed by atoms with van der Waals surface area (Å²) in [4.78, 5) is 43.8. The topological polar surface area (TPSA) is 73.0 Å². The Labute approximate surface area is 181 Å². The second-order valence-corrected chi connectivity index (χ2v) is 8.01. The standard InChI is InChI=1S/C24H26N4O3/c1-26(2)14-12-20(29)25-13-15-28-19-11-7-5-9-17(19)22(24(28)31)21-16-8-4-6-10-18(16)27(3)23(21)30/h4-11H,12-15H2,1-3H3,(H,25,29)/b22-21+. The molecule has 0 atom stereocenters. The quantitative estimate of drug-likeness (QED) is 0.729. The summed E-state index contributed by atoms with van der Waals surface area (Å²) < 4.78 is 0. The molecule has 7 heteroatoms. The van der Waals surface area contributed by atoms with Crippen LogP contribution in [0.15, 0.2) is 48.5 Å². The molecule has 2 aromatic rings. The van der Waals surface area contributed by atoms with E-state index in [1.807, 2.05) is 67.5 Å². The minimum Gasteiger partial charge on any atom is -0.354 e. The highest BCUT2D eigenvalue weighted by Gasteiger charge is 2.40. The molecule has 0 saturated heterocycles. The number of nitrogens with one attached hydrogen (secondary N) is 1. The maximum atomic E-state index is 13.5. The first-order chi connectivity index (χ1) is 14.9. The molecule has 1 N–H and O–H groups in total. The van der Waals surface area contributed by atoms with E-state index in [1.54, 1.807) is 16.8 Å². The van der Waals surface area contributed by atoms with Crippen molar-refractivity contribution in [3.05, 3.63) is 59.7 Å². The van der Waals surface area contributed by atoms with Crippen LogP contribution in [0.1, 0.15) is 17.5 Å². The van der Waals surface area contributed by atoms with E-state index in [9.17, 15) is 14.4 Å². The Balaban J connectivity index is 1.63. The first-order valence-corrected chi connectivity index (χ1v) is 10.3. The van der Waals surface area contributed by atoms with Gasteiger partial charge in [-0.05, 0) is 26.2 Å². The van der Waals surface area contributed by atoms with Gasteiger partial charge in [0.25, 0.3) is 11.8 Å². The Hall–Kier alpha value is -3.45. The van der Waals surface area contributed by atoms with Gasteiger partial charge in [0.2, 0.25) is 5.91 Å². The number of amides is 3. The van der Waals surface area contributed by atoms with Crippen molar-refractivity contribution in [2.24, 2.45) is 0 Å². The molecule has 0 aromatic heterocycles. The Morgan fingerprint density at radius 2 is 1.48 bits per heavy atom. The number of anilines is 2. The minimum absolute atomic E-state index is 0.0475. The van der Waals surface area contributed by atoms with Gasteiger partial charge in [0.05, 0.1) is 22.5 Å². The number of rotatable bonds is 6. The Morgan fingerprint density at radius 3 is 2.16 bits per heavy atom. The van der Waals surface area contributed by atoms with E-state index in [4.69, 9.17) is 0 Å². The lowest BCUT2D eigenvalue weighted by Gasteiger charge is -2.18. The third-order valence-electron chi connectivity index (χ3n) is 5.67. The molecule has 2 aliphatic rings. The predicted octanol–water partition coefficient (Wildman–Crippen LogP) is 1.99. The van der Waals surface area contributed by atoms with Crippen molar-refractivity contribution in [3.8, 4) is 0 Å². The molecule has 0 spiro atoms. The van der Waals surface area contributed by atoms with Gasteiger partial charge >= 0.3 is 0 Å². The lowest BCUT2D eigenvalue weighted by atomic mass is 9.96. The van der Waals surface area contributed by atoms with E-state index < -0.39 is 0 Å². The maximum absolute atomic E-state index is 13.5. The largest absolute Gasteiger partial charge is 0.354 e. The molecular formula is C24H26N4O3. The summed E-state index contributed by atoms with van der Waals surface area (Å²) >= 11 is 0. The van der Waals surface area contributed by atoms with Crippen molar-refractivity contribution >= 4 is 40.2 Å². The molecular weight excluding hydrogens is 392 g/mol. The molecule has 31 heavy (non-hydrogen) atoms. The van der Waals surface area contributed by atoms with Crippen LogP contribution in [0.2, 0.25) is 0 Å². The first kappa shape index (κ1) is 20.8. The molecule has 0 aliphatic carbocycles. The molecule has 2 aromatic carbocycles. The van der Waals surface area contributed by atoms with Gasteiger partial charge in [-0.3, -0.25) is 14.4 Å². The Kier molecular flexibility index (Phi) is 5.61. The highest BCUT2D eigenvalue weighted by atomic mass is 16.2. The highest BCUT2D eigenvalue weighted by Crippen LogP contribution is 2.45. The van der Waals surface area contributed by atoms with Gasteiger partial charge in [-0.15, -0.1) is 0 Å². The maximum Gasteiger partial charge on any atom is 0.259 e. The number of likely N-dealkylation sites (N-methyl/N-ethyl adjacent to an activating group) is 1. The molecule has 160 valence electrons. The molecule has 0 unspecified atom stereocenters. The summed E-state index contributed by atoms with van der Waals surface area (Å²) in [5.41, 5.74) is 3.94. The van der Waals surface area contributed by atoms with Gasteiger partial charge in [-0.1, -0.05) is 36.4 Å². The molecule has 0 fully saturated rings. The van der Waals surface area contributed by atoms with Crippen LogP contribution in [-0.2, 0) is 14.4 Å². The van der Waals surface area contributed by atoms with Crippen LogP contribution >= 0.6 is 0 Å². The molecule has 4 rings (SSSR count). The zero-order chi connectivity index (χ0) is 22.1. The molecule has 0 radical (unpaired) electrons. The average Bonchev–Trinajstić information content (AvgIpc) is 3.17. The zero-order valence-corrected chi connectivity index (χ0v) is 18.0. The van der Waals surface area contributed by atoms with Crippen molar-refractivity contribution in [2.75, 3.05) is 50.6 Å². The van der Waals surface area contributed by atoms with Crippen LogP contribution in [0.4, 0.5) is 11.4 Å². The molecule has 3 amide bonds. The van der Waals surface area contributed by atoms with E-state index in [1.165, 1.54) is 0 Å². The van der Waals surface area contributed by atoms with Crippen molar-refractivity contribution in [2.45, 2.75) is 6.42 Å². The van der Waals surface area contributed by atoms with Crippen LogP contribution in [0.5, 0.6) is 0 Å². The Bertz CT molecular complexity index is 1090. The minimum atomic E-state index is -0.211. The van der Waals surface area contributed by atoms with Crippen molar-refractivity contribution < 1.29 is 14.4 Å². The number of carbonyl (C=O) groups is 3. The number of carbonyl (C=O) groups excluding carboxylic acids is 3. The smallest absolute Gasteiger partial charge is 0.259 e. The van der Waals surface area contributed by atoms with Crippen LogP contribution in [0.3, 0.4) is 0 Å². The molecule has 0 bridgehead atoms. The number of hydrogen-bond donors (Lipinski definition) is 1. The third kappa shape index (κ3) is 3.72. The van der Waals surface area contributed by atoms with E-state index in [0.29, 0.717) is 37.2 Å². The third-order valence-corrected chi connectivity index (χ3v) is 5.67. The second-order valence-electron chi connectivity index (χ2n) is 8.01. The normalized spacial score (nSPS) is 17.4. The predicted molar refractivity (Wildman–Crippen MR) is 122 cm³/mol. The fourth-order valence-electron chi connectivity index (χ4n) is 4.08. The summed E-state index contributed by atoms with van der Waals surface area (Å²) in [6, 6.07) is 15.0. The van der Waals surface area contributed by atoms with E-state index in [0.717, 1.165) is 22.5 Å². The summed E-state index contributed by atoms with van der Waals surface area (Å²) in [7, 11) is 5.56.